The first kappa shape index (κ1) is 13.4. The van der Waals surface area contributed by atoms with Crippen molar-refractivity contribution in [3.05, 3.63) is 59.8 Å². The summed E-state index contributed by atoms with van der Waals surface area (Å²) in [4.78, 5) is 10.8. The molecule has 1 heterocycles. The zero-order valence-corrected chi connectivity index (χ0v) is 12.1. The van der Waals surface area contributed by atoms with Gasteiger partial charge in [0.25, 0.3) is 0 Å². The van der Waals surface area contributed by atoms with E-state index in [4.69, 9.17) is 5.11 Å². The fourth-order valence-corrected chi connectivity index (χ4v) is 2.85. The minimum atomic E-state index is -0.802. The lowest BCUT2D eigenvalue weighted by molar-refractivity contribution is -0.136. The first-order valence-electron chi connectivity index (χ1n) is 6.93. The summed E-state index contributed by atoms with van der Waals surface area (Å²) < 4.78 is 2.19. The molecule has 0 saturated carbocycles. The summed E-state index contributed by atoms with van der Waals surface area (Å²) in [5.74, 6) is -0.802. The van der Waals surface area contributed by atoms with E-state index in [0.29, 0.717) is 0 Å². The van der Waals surface area contributed by atoms with Crippen molar-refractivity contribution in [1.82, 2.24) is 4.57 Å². The van der Waals surface area contributed by atoms with Gasteiger partial charge in [0.2, 0.25) is 0 Å². The van der Waals surface area contributed by atoms with Crippen molar-refractivity contribution in [3.63, 3.8) is 0 Å². The number of para-hydroxylation sites is 1. The molecule has 3 heteroatoms. The molecule has 2 aromatic carbocycles. The molecule has 0 saturated heterocycles. The van der Waals surface area contributed by atoms with Gasteiger partial charge < -0.3 is 9.67 Å². The van der Waals surface area contributed by atoms with Gasteiger partial charge in [-0.1, -0.05) is 42.5 Å². The number of hydrogen-bond donors (Lipinski definition) is 1. The van der Waals surface area contributed by atoms with Gasteiger partial charge in [-0.05, 0) is 24.1 Å². The van der Waals surface area contributed by atoms with Gasteiger partial charge in [-0.15, -0.1) is 0 Å². The summed E-state index contributed by atoms with van der Waals surface area (Å²) in [7, 11) is 2.07. The Balaban J connectivity index is 2.12. The molecule has 0 radical (unpaired) electrons. The second-order valence-corrected chi connectivity index (χ2v) is 5.30. The summed E-state index contributed by atoms with van der Waals surface area (Å²) in [6.07, 6.45) is 0.0643. The van der Waals surface area contributed by atoms with E-state index in [-0.39, 0.29) is 6.42 Å². The monoisotopic (exact) mass is 279 g/mol. The smallest absolute Gasteiger partial charge is 0.307 e. The molecule has 0 atom stereocenters. The van der Waals surface area contributed by atoms with Gasteiger partial charge >= 0.3 is 5.97 Å². The summed E-state index contributed by atoms with van der Waals surface area (Å²) in [5.41, 5.74) is 5.58. The van der Waals surface area contributed by atoms with E-state index >= 15 is 0 Å². The minimum Gasteiger partial charge on any atom is -0.481 e. The Morgan fingerprint density at radius 1 is 1.10 bits per heavy atom. The molecule has 0 aliphatic carbocycles. The standard InChI is InChI=1S/C18H17NO2/c1-12-18(15-5-3-4-6-16(15)19(12)2)14-9-7-13(8-10-14)11-17(20)21/h3-10H,11H2,1-2H3,(H,20,21). The lowest BCUT2D eigenvalue weighted by atomic mass is 10.0. The first-order valence-corrected chi connectivity index (χ1v) is 6.93. The number of aliphatic carboxylic acids is 1. The van der Waals surface area contributed by atoms with E-state index in [1.165, 1.54) is 22.2 Å². The van der Waals surface area contributed by atoms with Crippen molar-refractivity contribution < 1.29 is 9.90 Å². The Hall–Kier alpha value is -2.55. The summed E-state index contributed by atoms with van der Waals surface area (Å²) in [6.45, 7) is 2.11. The van der Waals surface area contributed by atoms with Crippen LogP contribution in [0, 0.1) is 6.92 Å². The predicted molar refractivity (Wildman–Crippen MR) is 84.4 cm³/mol. The molecule has 1 N–H and O–H groups in total. The maximum absolute atomic E-state index is 10.8. The highest BCUT2D eigenvalue weighted by atomic mass is 16.4. The third-order valence-corrected chi connectivity index (χ3v) is 4.00. The number of carbonyl (C=O) groups is 1. The fourth-order valence-electron chi connectivity index (χ4n) is 2.85. The SMILES string of the molecule is Cc1c(-c2ccc(CC(=O)O)cc2)c2ccccc2n1C. The topological polar surface area (TPSA) is 42.2 Å². The van der Waals surface area contributed by atoms with Gasteiger partial charge in [0, 0.05) is 29.2 Å². The third-order valence-electron chi connectivity index (χ3n) is 4.00. The molecule has 3 nitrogen and oxygen atoms in total. The maximum atomic E-state index is 10.8. The van der Waals surface area contributed by atoms with Gasteiger partial charge in [-0.2, -0.15) is 0 Å². The fraction of sp³-hybridized carbons (Fsp3) is 0.167. The number of carboxylic acids is 1. The molecular weight excluding hydrogens is 262 g/mol. The van der Waals surface area contributed by atoms with Crippen LogP contribution in [-0.4, -0.2) is 15.6 Å². The molecule has 0 fully saturated rings. The van der Waals surface area contributed by atoms with Gasteiger partial charge in [0.1, 0.15) is 0 Å². The second-order valence-electron chi connectivity index (χ2n) is 5.30. The minimum absolute atomic E-state index is 0.0643. The van der Waals surface area contributed by atoms with Crippen molar-refractivity contribution >= 4 is 16.9 Å². The Morgan fingerprint density at radius 3 is 2.43 bits per heavy atom. The van der Waals surface area contributed by atoms with E-state index in [1.807, 2.05) is 36.4 Å². The van der Waals surface area contributed by atoms with Crippen LogP contribution < -0.4 is 0 Å². The highest BCUT2D eigenvalue weighted by molar-refractivity contribution is 5.98. The van der Waals surface area contributed by atoms with Gasteiger partial charge in [-0.3, -0.25) is 4.79 Å². The van der Waals surface area contributed by atoms with Crippen molar-refractivity contribution in [2.45, 2.75) is 13.3 Å². The number of carboxylic acid groups (broad SMARTS) is 1. The lowest BCUT2D eigenvalue weighted by Gasteiger charge is -2.04. The number of rotatable bonds is 3. The summed E-state index contributed by atoms with van der Waals surface area (Å²) in [6, 6.07) is 16.1. The maximum Gasteiger partial charge on any atom is 0.307 e. The molecule has 0 unspecified atom stereocenters. The Bertz CT molecular complexity index is 813. The van der Waals surface area contributed by atoms with E-state index in [2.05, 4.69) is 30.7 Å². The van der Waals surface area contributed by atoms with Crippen LogP contribution in [0.1, 0.15) is 11.3 Å². The van der Waals surface area contributed by atoms with Crippen LogP contribution in [0.5, 0.6) is 0 Å². The van der Waals surface area contributed by atoms with Crippen molar-refractivity contribution in [2.75, 3.05) is 0 Å². The number of hydrogen-bond acceptors (Lipinski definition) is 1. The highest BCUT2D eigenvalue weighted by Crippen LogP contribution is 2.33. The van der Waals surface area contributed by atoms with E-state index < -0.39 is 5.97 Å². The van der Waals surface area contributed by atoms with Gasteiger partial charge in [-0.25, -0.2) is 0 Å². The predicted octanol–water partition coefficient (Wildman–Crippen LogP) is 3.78. The summed E-state index contributed by atoms with van der Waals surface area (Å²) in [5, 5.41) is 10.1. The van der Waals surface area contributed by atoms with Crippen LogP contribution in [0.25, 0.3) is 22.0 Å². The lowest BCUT2D eigenvalue weighted by Crippen LogP contribution is -1.99. The van der Waals surface area contributed by atoms with Crippen LogP contribution in [0.4, 0.5) is 0 Å². The normalized spacial score (nSPS) is 11.0. The molecule has 0 aliphatic heterocycles. The van der Waals surface area contributed by atoms with Crippen molar-refractivity contribution in [3.8, 4) is 11.1 Å². The molecule has 21 heavy (non-hydrogen) atoms. The van der Waals surface area contributed by atoms with E-state index in [1.54, 1.807) is 0 Å². The number of aryl methyl sites for hydroxylation is 1. The molecule has 106 valence electrons. The molecule has 0 aliphatic rings. The average molecular weight is 279 g/mol. The zero-order valence-electron chi connectivity index (χ0n) is 12.1. The highest BCUT2D eigenvalue weighted by Gasteiger charge is 2.13. The number of benzene rings is 2. The van der Waals surface area contributed by atoms with Crippen LogP contribution >= 0.6 is 0 Å². The van der Waals surface area contributed by atoms with E-state index in [0.717, 1.165) is 11.1 Å². The molecule has 3 rings (SSSR count). The third kappa shape index (κ3) is 2.31. The van der Waals surface area contributed by atoms with Crippen LogP contribution in [0.3, 0.4) is 0 Å². The Labute approximate surface area is 123 Å². The zero-order chi connectivity index (χ0) is 15.0. The Kier molecular flexibility index (Phi) is 3.26. The molecular formula is C18H17NO2. The van der Waals surface area contributed by atoms with Crippen molar-refractivity contribution in [2.24, 2.45) is 7.05 Å². The van der Waals surface area contributed by atoms with Gasteiger partial charge in [0.15, 0.2) is 0 Å². The van der Waals surface area contributed by atoms with E-state index in [9.17, 15) is 4.79 Å². The molecule has 0 bridgehead atoms. The average Bonchev–Trinajstić information content (AvgIpc) is 2.72. The molecule has 3 aromatic rings. The molecule has 0 spiro atoms. The summed E-state index contributed by atoms with van der Waals surface area (Å²) >= 11 is 0. The first-order chi connectivity index (χ1) is 10.1. The van der Waals surface area contributed by atoms with Gasteiger partial charge in [0.05, 0.1) is 6.42 Å². The quantitative estimate of drug-likeness (QED) is 0.792. The number of fused-ring (bicyclic) bond motifs is 1. The van der Waals surface area contributed by atoms with Crippen LogP contribution in [0.2, 0.25) is 0 Å². The largest absolute Gasteiger partial charge is 0.481 e. The van der Waals surface area contributed by atoms with Crippen molar-refractivity contribution in [1.29, 1.82) is 0 Å². The second kappa shape index (κ2) is 5.09. The number of aromatic nitrogens is 1. The van der Waals surface area contributed by atoms with Crippen LogP contribution in [0.15, 0.2) is 48.5 Å². The number of nitrogens with zero attached hydrogens (tertiary/aromatic N) is 1. The Morgan fingerprint density at radius 2 is 1.76 bits per heavy atom. The van der Waals surface area contributed by atoms with Crippen LogP contribution in [-0.2, 0) is 18.3 Å². The molecule has 0 amide bonds. The molecule has 1 aromatic heterocycles.